The molecule has 0 aliphatic carbocycles. The van der Waals surface area contributed by atoms with Crippen molar-refractivity contribution < 1.29 is 34.2 Å². The molecule has 4 amide bonds. The fourth-order valence-corrected chi connectivity index (χ4v) is 3.26. The van der Waals surface area contributed by atoms with Crippen molar-refractivity contribution in [3.05, 3.63) is 18.2 Å². The maximum Gasteiger partial charge on any atom is 0.326 e. The Balaban J connectivity index is 2.79. The van der Waals surface area contributed by atoms with Gasteiger partial charge in [-0.2, -0.15) is 11.8 Å². The molecule has 0 fully saturated rings. The number of carbonyl (C=O) groups is 5. The topological polar surface area (TPSA) is 243 Å². The molecule has 4 atom stereocenters. The Morgan fingerprint density at radius 1 is 1.06 bits per heavy atom. The van der Waals surface area contributed by atoms with E-state index in [4.69, 9.17) is 11.5 Å². The molecule has 1 aromatic heterocycles. The molecule has 0 aliphatic heterocycles. The highest BCUT2D eigenvalue weighted by Crippen LogP contribution is 2.04. The molecule has 1 heterocycles. The lowest BCUT2D eigenvalue weighted by atomic mass is 10.1. The van der Waals surface area contributed by atoms with Gasteiger partial charge in [-0.15, -0.1) is 0 Å². The summed E-state index contributed by atoms with van der Waals surface area (Å²) in [5.41, 5.74) is 11.5. The summed E-state index contributed by atoms with van der Waals surface area (Å²) in [5.74, 6) is -3.98. The maximum absolute atomic E-state index is 12.8. The van der Waals surface area contributed by atoms with Crippen LogP contribution in [-0.2, 0) is 30.4 Å². The van der Waals surface area contributed by atoms with E-state index in [-0.39, 0.29) is 25.7 Å². The van der Waals surface area contributed by atoms with E-state index in [1.807, 2.05) is 6.26 Å². The number of nitrogens with one attached hydrogen (secondary N) is 4. The molecule has 190 valence electrons. The Bertz CT molecular complexity index is 837. The molecule has 1 rings (SSSR count). The van der Waals surface area contributed by atoms with E-state index in [1.165, 1.54) is 24.3 Å². The number of aromatic amines is 1. The lowest BCUT2D eigenvalue weighted by molar-refractivity contribution is -0.143. The smallest absolute Gasteiger partial charge is 0.326 e. The van der Waals surface area contributed by atoms with Gasteiger partial charge in [-0.25, -0.2) is 9.78 Å². The molecule has 15 heteroatoms. The van der Waals surface area contributed by atoms with Gasteiger partial charge in [-0.05, 0) is 24.9 Å². The van der Waals surface area contributed by atoms with Crippen LogP contribution < -0.4 is 27.4 Å². The average Bonchev–Trinajstić information content (AvgIpc) is 3.29. The largest absolute Gasteiger partial charge is 0.480 e. The third-order valence-corrected chi connectivity index (χ3v) is 5.33. The van der Waals surface area contributed by atoms with Gasteiger partial charge in [0.05, 0.1) is 19.0 Å². The third kappa shape index (κ3) is 10.2. The van der Waals surface area contributed by atoms with Crippen molar-refractivity contribution in [2.24, 2.45) is 11.5 Å². The van der Waals surface area contributed by atoms with Crippen LogP contribution in [0.3, 0.4) is 0 Å². The number of hydrogen-bond acceptors (Lipinski definition) is 9. The van der Waals surface area contributed by atoms with Crippen LogP contribution in [0.25, 0.3) is 0 Å². The Kier molecular flexibility index (Phi) is 12.6. The first-order valence-electron chi connectivity index (χ1n) is 10.3. The molecule has 0 aliphatic rings. The van der Waals surface area contributed by atoms with Crippen molar-refractivity contribution in [1.82, 2.24) is 25.9 Å². The monoisotopic (exact) mass is 501 g/mol. The van der Waals surface area contributed by atoms with Crippen LogP contribution in [0.2, 0.25) is 0 Å². The zero-order valence-corrected chi connectivity index (χ0v) is 19.5. The number of nitrogens with zero attached hydrogens (tertiary/aromatic N) is 1. The van der Waals surface area contributed by atoms with Crippen molar-refractivity contribution in [1.29, 1.82) is 0 Å². The highest BCUT2D eigenvalue weighted by molar-refractivity contribution is 7.98. The Morgan fingerprint density at radius 3 is 2.21 bits per heavy atom. The number of amides is 4. The van der Waals surface area contributed by atoms with Crippen LogP contribution in [-0.4, -0.2) is 92.6 Å². The molecule has 34 heavy (non-hydrogen) atoms. The van der Waals surface area contributed by atoms with Crippen LogP contribution in [0.15, 0.2) is 12.5 Å². The molecule has 0 spiro atoms. The highest BCUT2D eigenvalue weighted by atomic mass is 32.2. The molecule has 14 nitrogen and oxygen atoms in total. The molecule has 0 aromatic carbocycles. The summed E-state index contributed by atoms with van der Waals surface area (Å²) in [4.78, 5) is 66.6. The number of carboxylic acids is 1. The van der Waals surface area contributed by atoms with Crippen LogP contribution in [0.4, 0.5) is 0 Å². The molecular formula is C19H31N7O7S. The first kappa shape index (κ1) is 28.9. The quantitative estimate of drug-likeness (QED) is 0.113. The van der Waals surface area contributed by atoms with Gasteiger partial charge in [0.25, 0.3) is 0 Å². The number of H-pyrrole nitrogens is 1. The van der Waals surface area contributed by atoms with E-state index < -0.39 is 60.4 Å². The van der Waals surface area contributed by atoms with Crippen LogP contribution in [0.1, 0.15) is 25.0 Å². The van der Waals surface area contributed by atoms with Gasteiger partial charge in [-0.1, -0.05) is 0 Å². The predicted octanol–water partition coefficient (Wildman–Crippen LogP) is -3.17. The predicted molar refractivity (Wildman–Crippen MR) is 122 cm³/mol. The lowest BCUT2D eigenvalue weighted by Crippen LogP contribution is -2.58. The number of imidazole rings is 1. The van der Waals surface area contributed by atoms with Gasteiger partial charge in [0, 0.05) is 24.7 Å². The first-order chi connectivity index (χ1) is 16.1. The summed E-state index contributed by atoms with van der Waals surface area (Å²) >= 11 is 1.43. The van der Waals surface area contributed by atoms with E-state index in [9.17, 15) is 34.2 Å². The van der Waals surface area contributed by atoms with Crippen molar-refractivity contribution in [2.45, 2.75) is 49.9 Å². The molecule has 10 N–H and O–H groups in total. The molecule has 4 unspecified atom stereocenters. The molecule has 1 aromatic rings. The van der Waals surface area contributed by atoms with Crippen molar-refractivity contribution in [2.75, 3.05) is 18.6 Å². The summed E-state index contributed by atoms with van der Waals surface area (Å²) < 4.78 is 0. The number of aliphatic hydroxyl groups excluding tert-OH is 1. The second-order valence-corrected chi connectivity index (χ2v) is 8.36. The molecule has 0 radical (unpaired) electrons. The minimum atomic E-state index is -1.49. The summed E-state index contributed by atoms with van der Waals surface area (Å²) in [6.45, 7) is -0.831. The minimum absolute atomic E-state index is 0.159. The normalized spacial score (nSPS) is 14.3. The van der Waals surface area contributed by atoms with Crippen molar-refractivity contribution >= 4 is 41.4 Å². The summed E-state index contributed by atoms with van der Waals surface area (Å²) in [5, 5.41) is 25.8. The van der Waals surface area contributed by atoms with Crippen molar-refractivity contribution in [3.63, 3.8) is 0 Å². The van der Waals surface area contributed by atoms with Gasteiger partial charge in [-0.3, -0.25) is 19.2 Å². The van der Waals surface area contributed by atoms with E-state index in [0.717, 1.165) is 0 Å². The average molecular weight is 502 g/mol. The van der Waals surface area contributed by atoms with Gasteiger partial charge in [0.1, 0.15) is 18.1 Å². The van der Waals surface area contributed by atoms with Crippen LogP contribution in [0, 0.1) is 0 Å². The van der Waals surface area contributed by atoms with Crippen molar-refractivity contribution in [3.8, 4) is 0 Å². The molecule has 0 bridgehead atoms. The second kappa shape index (κ2) is 14.9. The molecule has 0 saturated carbocycles. The molecular weight excluding hydrogens is 470 g/mol. The maximum atomic E-state index is 12.8. The number of hydrogen-bond donors (Lipinski definition) is 8. The standard InChI is InChI=1S/C19H31N7O7S/c1-34-5-4-12(24-16(29)11(20)6-10-7-22-9-23-10)17(30)26-14(8-27)18(31)25-13(19(32)33)2-3-15(21)28/h7,9,11-14,27H,2-6,8,20H2,1H3,(H2,21,28)(H,22,23)(H,24,29)(H,25,31)(H,26,30)(H,32,33). The number of primary amides is 1. The summed E-state index contributed by atoms with van der Waals surface area (Å²) in [6, 6.07) is -4.96. The number of aliphatic hydroxyl groups is 1. The third-order valence-electron chi connectivity index (χ3n) is 4.68. The Morgan fingerprint density at radius 2 is 1.68 bits per heavy atom. The number of thioether (sulfide) groups is 1. The fraction of sp³-hybridized carbons (Fsp3) is 0.579. The number of rotatable bonds is 16. The second-order valence-electron chi connectivity index (χ2n) is 7.38. The van der Waals surface area contributed by atoms with Gasteiger partial charge in [0.2, 0.25) is 23.6 Å². The number of aromatic nitrogens is 2. The van der Waals surface area contributed by atoms with E-state index in [1.54, 1.807) is 0 Å². The summed E-state index contributed by atoms with van der Waals surface area (Å²) in [7, 11) is 0. The van der Waals surface area contributed by atoms with E-state index in [0.29, 0.717) is 11.4 Å². The van der Waals surface area contributed by atoms with Gasteiger partial charge < -0.3 is 42.6 Å². The zero-order chi connectivity index (χ0) is 25.7. The van der Waals surface area contributed by atoms with Crippen LogP contribution >= 0.6 is 11.8 Å². The molecule has 0 saturated heterocycles. The minimum Gasteiger partial charge on any atom is -0.480 e. The summed E-state index contributed by atoms with van der Waals surface area (Å²) in [6.07, 6.45) is 4.60. The number of carbonyl (C=O) groups excluding carboxylic acids is 4. The first-order valence-corrected chi connectivity index (χ1v) is 11.7. The number of aliphatic carboxylic acids is 1. The van der Waals surface area contributed by atoms with Crippen LogP contribution in [0.5, 0.6) is 0 Å². The lowest BCUT2D eigenvalue weighted by Gasteiger charge is -2.24. The SMILES string of the molecule is CSCCC(NC(=O)C(N)Cc1cnc[nH]1)C(=O)NC(CO)C(=O)NC(CCC(N)=O)C(=O)O. The zero-order valence-electron chi connectivity index (χ0n) is 18.7. The highest BCUT2D eigenvalue weighted by Gasteiger charge is 2.30. The number of nitrogens with two attached hydrogens (primary N) is 2. The van der Waals surface area contributed by atoms with Gasteiger partial charge >= 0.3 is 5.97 Å². The van der Waals surface area contributed by atoms with E-state index in [2.05, 4.69) is 25.9 Å². The Hall–Kier alpha value is -3.17. The fourth-order valence-electron chi connectivity index (χ4n) is 2.79. The Labute approximate surface area is 200 Å². The van der Waals surface area contributed by atoms with Gasteiger partial charge in [0.15, 0.2) is 0 Å². The number of carboxylic acid groups (broad SMARTS) is 1. The van der Waals surface area contributed by atoms with E-state index >= 15 is 0 Å².